The second-order valence-corrected chi connectivity index (χ2v) is 3.38. The third-order valence-corrected chi connectivity index (χ3v) is 1.64. The van der Waals surface area contributed by atoms with Gasteiger partial charge in [-0.15, -0.1) is 6.58 Å². The van der Waals surface area contributed by atoms with Gasteiger partial charge in [0.15, 0.2) is 0 Å². The van der Waals surface area contributed by atoms with Gasteiger partial charge in [0.2, 0.25) is 0 Å². The van der Waals surface area contributed by atoms with Crippen molar-refractivity contribution in [2.75, 3.05) is 0 Å². The molecule has 1 nitrogen and oxygen atoms in total. The van der Waals surface area contributed by atoms with Crippen LogP contribution in [0.15, 0.2) is 24.3 Å². The van der Waals surface area contributed by atoms with Crippen LogP contribution in [0, 0.1) is 0 Å². The molecule has 12 heavy (non-hydrogen) atoms. The van der Waals surface area contributed by atoms with Crippen LogP contribution in [-0.2, 0) is 19.5 Å². The quantitative estimate of drug-likeness (QED) is 0.605. The zero-order chi connectivity index (χ0) is 8.91. The van der Waals surface area contributed by atoms with Crippen LogP contribution < -0.4 is 0 Å². The van der Waals surface area contributed by atoms with Gasteiger partial charge in [-0.25, -0.2) is 0 Å². The van der Waals surface area contributed by atoms with Crippen molar-refractivity contribution in [2.24, 2.45) is 0 Å². The molecule has 0 rings (SSSR count). The standard InChI is InChI=1S/C10H18O.Ru/c1-5-10(4,11)8-6-7-9(2)3;/h5,7,11H,1,6,8H2,2-4H3;. The normalized spacial score (nSPS) is 14.0. The molecule has 2 heteroatoms. The maximum atomic E-state index is 9.49. The van der Waals surface area contributed by atoms with E-state index in [0.29, 0.717) is 0 Å². The Morgan fingerprint density at radius 1 is 1.50 bits per heavy atom. The Morgan fingerprint density at radius 2 is 2.00 bits per heavy atom. The molecule has 0 aromatic carbocycles. The van der Waals surface area contributed by atoms with Crippen LogP contribution in [0.4, 0.5) is 0 Å². The van der Waals surface area contributed by atoms with Crippen LogP contribution in [0.1, 0.15) is 33.6 Å². The van der Waals surface area contributed by atoms with Gasteiger partial charge in [0.1, 0.15) is 0 Å². The van der Waals surface area contributed by atoms with Crippen molar-refractivity contribution < 1.29 is 24.6 Å². The van der Waals surface area contributed by atoms with Gasteiger partial charge in [0, 0.05) is 19.5 Å². The van der Waals surface area contributed by atoms with E-state index in [2.05, 4.69) is 26.5 Å². The molecule has 0 aliphatic heterocycles. The molecule has 72 valence electrons. The number of aliphatic hydroxyl groups is 1. The van der Waals surface area contributed by atoms with Gasteiger partial charge in [-0.3, -0.25) is 0 Å². The SMILES string of the molecule is C=CC(C)(O)CCC=C(C)C.[Ru]. The Balaban J connectivity index is 0. The Hall–Kier alpha value is 0.0634. The first-order valence-corrected chi connectivity index (χ1v) is 3.97. The van der Waals surface area contributed by atoms with Gasteiger partial charge in [0.25, 0.3) is 0 Å². The molecular weight excluding hydrogens is 237 g/mol. The summed E-state index contributed by atoms with van der Waals surface area (Å²) >= 11 is 0. The average Bonchev–Trinajstić information content (AvgIpc) is 1.87. The van der Waals surface area contributed by atoms with E-state index in [1.807, 2.05) is 0 Å². The van der Waals surface area contributed by atoms with E-state index in [1.165, 1.54) is 5.57 Å². The number of hydrogen-bond donors (Lipinski definition) is 1. The third-order valence-electron chi connectivity index (χ3n) is 1.64. The van der Waals surface area contributed by atoms with Gasteiger partial charge in [-0.1, -0.05) is 17.7 Å². The Morgan fingerprint density at radius 3 is 2.33 bits per heavy atom. The minimum absolute atomic E-state index is 0. The van der Waals surface area contributed by atoms with Crippen molar-refractivity contribution in [2.45, 2.75) is 39.2 Å². The van der Waals surface area contributed by atoms with Crippen molar-refractivity contribution >= 4 is 0 Å². The van der Waals surface area contributed by atoms with Crippen LogP contribution in [0.5, 0.6) is 0 Å². The largest absolute Gasteiger partial charge is 0.386 e. The minimum atomic E-state index is -0.702. The van der Waals surface area contributed by atoms with Crippen molar-refractivity contribution in [1.82, 2.24) is 0 Å². The molecule has 0 heterocycles. The topological polar surface area (TPSA) is 20.2 Å². The van der Waals surface area contributed by atoms with Crippen molar-refractivity contribution in [3.63, 3.8) is 0 Å². The molecule has 0 spiro atoms. The molecule has 1 unspecified atom stereocenters. The third kappa shape index (κ3) is 8.16. The Labute approximate surface area is 88.3 Å². The molecule has 0 saturated heterocycles. The molecule has 0 aliphatic carbocycles. The van der Waals surface area contributed by atoms with E-state index in [1.54, 1.807) is 13.0 Å². The summed E-state index contributed by atoms with van der Waals surface area (Å²) in [4.78, 5) is 0. The van der Waals surface area contributed by atoms with E-state index in [0.717, 1.165) is 12.8 Å². The number of hydrogen-bond acceptors (Lipinski definition) is 1. The second kappa shape index (κ2) is 6.57. The van der Waals surface area contributed by atoms with E-state index >= 15 is 0 Å². The Kier molecular flexibility index (Phi) is 7.98. The van der Waals surface area contributed by atoms with Crippen LogP contribution in [0.25, 0.3) is 0 Å². The molecule has 0 fully saturated rings. The summed E-state index contributed by atoms with van der Waals surface area (Å²) in [6.07, 6.45) is 5.38. The molecule has 0 bridgehead atoms. The first-order valence-electron chi connectivity index (χ1n) is 3.97. The first-order chi connectivity index (χ1) is 4.98. The van der Waals surface area contributed by atoms with Gasteiger partial charge in [-0.2, -0.15) is 0 Å². The molecule has 1 atom stereocenters. The fourth-order valence-electron chi connectivity index (χ4n) is 0.755. The molecule has 0 aliphatic rings. The van der Waals surface area contributed by atoms with Crippen molar-refractivity contribution in [3.05, 3.63) is 24.3 Å². The van der Waals surface area contributed by atoms with Crippen molar-refractivity contribution in [3.8, 4) is 0 Å². The monoisotopic (exact) mass is 256 g/mol. The summed E-state index contributed by atoms with van der Waals surface area (Å²) in [6, 6.07) is 0. The van der Waals surface area contributed by atoms with E-state index in [9.17, 15) is 5.11 Å². The Bertz CT molecular complexity index is 155. The zero-order valence-electron chi connectivity index (χ0n) is 8.08. The molecule has 0 radical (unpaired) electrons. The summed E-state index contributed by atoms with van der Waals surface area (Å²) in [7, 11) is 0. The average molecular weight is 255 g/mol. The molecule has 0 amide bonds. The van der Waals surface area contributed by atoms with Gasteiger partial charge in [-0.05, 0) is 33.6 Å². The van der Waals surface area contributed by atoms with Crippen LogP contribution in [-0.4, -0.2) is 10.7 Å². The molecule has 0 aromatic heterocycles. The predicted octanol–water partition coefficient (Wildman–Crippen LogP) is 2.67. The van der Waals surface area contributed by atoms with Gasteiger partial charge in [0.05, 0.1) is 5.60 Å². The number of rotatable bonds is 4. The summed E-state index contributed by atoms with van der Waals surface area (Å²) in [5.41, 5.74) is 0.594. The van der Waals surface area contributed by atoms with Crippen LogP contribution >= 0.6 is 0 Å². The smallest absolute Gasteiger partial charge is 0.0800 e. The van der Waals surface area contributed by atoms with Crippen molar-refractivity contribution in [1.29, 1.82) is 0 Å². The predicted molar refractivity (Wildman–Crippen MR) is 49.5 cm³/mol. The van der Waals surface area contributed by atoms with E-state index in [-0.39, 0.29) is 19.5 Å². The van der Waals surface area contributed by atoms with E-state index < -0.39 is 5.60 Å². The molecule has 0 saturated carbocycles. The maximum absolute atomic E-state index is 9.49. The fraction of sp³-hybridized carbons (Fsp3) is 0.600. The first kappa shape index (κ1) is 14.6. The summed E-state index contributed by atoms with van der Waals surface area (Å²) < 4.78 is 0. The van der Waals surface area contributed by atoms with Gasteiger partial charge >= 0.3 is 0 Å². The van der Waals surface area contributed by atoms with E-state index in [4.69, 9.17) is 0 Å². The summed E-state index contributed by atoms with van der Waals surface area (Å²) in [5.74, 6) is 0. The van der Waals surface area contributed by atoms with Crippen LogP contribution in [0.3, 0.4) is 0 Å². The maximum Gasteiger partial charge on any atom is 0.0800 e. The molecular formula is C10H18ORu. The molecule has 0 aromatic rings. The zero-order valence-corrected chi connectivity index (χ0v) is 9.81. The molecule has 1 N–H and O–H groups in total. The second-order valence-electron chi connectivity index (χ2n) is 3.38. The fourth-order valence-corrected chi connectivity index (χ4v) is 0.755. The summed E-state index contributed by atoms with van der Waals surface area (Å²) in [6.45, 7) is 9.45. The van der Waals surface area contributed by atoms with Gasteiger partial charge < -0.3 is 5.11 Å². The summed E-state index contributed by atoms with van der Waals surface area (Å²) in [5, 5.41) is 9.49. The van der Waals surface area contributed by atoms with Crippen LogP contribution in [0.2, 0.25) is 0 Å². The number of allylic oxidation sites excluding steroid dienone is 2. The minimum Gasteiger partial charge on any atom is -0.386 e.